The third-order valence-corrected chi connectivity index (χ3v) is 7.62. The Morgan fingerprint density at radius 2 is 1.91 bits per heavy atom. The number of esters is 1. The molecule has 1 N–H and O–H groups in total. The number of nitrogens with zero attached hydrogens (tertiary/aromatic N) is 1. The van der Waals surface area contributed by atoms with Crippen molar-refractivity contribution < 1.29 is 19.4 Å². The predicted molar refractivity (Wildman–Crippen MR) is 124 cm³/mol. The van der Waals surface area contributed by atoms with Crippen LogP contribution >= 0.6 is 0 Å². The molecular formula is C27H35NO4. The lowest BCUT2D eigenvalue weighted by Gasteiger charge is -2.52. The normalized spacial score (nSPS) is 33.0. The van der Waals surface area contributed by atoms with Crippen molar-refractivity contribution >= 4 is 17.6 Å². The van der Waals surface area contributed by atoms with Crippen LogP contribution < -0.4 is 4.90 Å². The minimum atomic E-state index is -1.14. The largest absolute Gasteiger partial charge is 0.457 e. The van der Waals surface area contributed by atoms with E-state index in [1.54, 1.807) is 0 Å². The molecule has 5 nitrogen and oxygen atoms in total. The molecule has 0 heterocycles. The van der Waals surface area contributed by atoms with Gasteiger partial charge in [-0.3, -0.25) is 9.59 Å². The summed E-state index contributed by atoms with van der Waals surface area (Å²) in [6.45, 7) is 8.19. The second-order valence-electron chi connectivity index (χ2n) is 10.1. The van der Waals surface area contributed by atoms with Gasteiger partial charge in [0, 0.05) is 31.0 Å². The first-order valence-corrected chi connectivity index (χ1v) is 11.9. The first kappa shape index (κ1) is 23.0. The first-order chi connectivity index (χ1) is 15.2. The van der Waals surface area contributed by atoms with Crippen LogP contribution in [0.15, 0.2) is 42.0 Å². The number of hydrogen-bond acceptors (Lipinski definition) is 4. The SMILES string of the molecule is CC(=O)O[C@@H]1[C][C@@]2(O)[C@H](C)CC[C@@H]([C@H](C)CN(C(=O)C3CC3)c3ccccc3)[C@H]2C=C1C. The Kier molecular flexibility index (Phi) is 6.49. The number of benzene rings is 1. The predicted octanol–water partition coefficient (Wildman–Crippen LogP) is 4.43. The van der Waals surface area contributed by atoms with E-state index >= 15 is 0 Å². The van der Waals surface area contributed by atoms with E-state index in [1.807, 2.05) is 49.1 Å². The number of anilines is 1. The Morgan fingerprint density at radius 3 is 2.53 bits per heavy atom. The standard InChI is InChI=1S/C27H35NO4/c1-17-14-24-23(13-10-19(3)27(24,31)15-25(17)32-20(4)29)18(2)16-28(26(30)21-11-12-21)22-8-6-5-7-9-22/h5-9,14,18-19,21,23-25,31H,10-13,16H2,1-4H3/t18-,19-,23+,24-,25-,27-/m1/s1. The number of para-hydroxylation sites is 1. The summed E-state index contributed by atoms with van der Waals surface area (Å²) >= 11 is 0. The summed E-state index contributed by atoms with van der Waals surface area (Å²) in [4.78, 5) is 26.6. The molecule has 4 rings (SSSR count). The molecule has 0 aromatic heterocycles. The van der Waals surface area contributed by atoms with E-state index in [0.29, 0.717) is 6.54 Å². The number of fused-ring (bicyclic) bond motifs is 1. The molecule has 0 spiro atoms. The lowest BCUT2D eigenvalue weighted by Crippen LogP contribution is -2.57. The van der Waals surface area contributed by atoms with Crippen molar-refractivity contribution in [1.82, 2.24) is 0 Å². The number of rotatable bonds is 6. The molecule has 2 fully saturated rings. The van der Waals surface area contributed by atoms with E-state index < -0.39 is 11.7 Å². The lowest BCUT2D eigenvalue weighted by molar-refractivity contribution is -0.148. The Labute approximate surface area is 191 Å². The van der Waals surface area contributed by atoms with Gasteiger partial charge in [0.15, 0.2) is 0 Å². The highest BCUT2D eigenvalue weighted by molar-refractivity contribution is 5.96. The zero-order chi connectivity index (χ0) is 23.0. The first-order valence-electron chi connectivity index (χ1n) is 11.9. The van der Waals surface area contributed by atoms with Crippen LogP contribution in [0.1, 0.15) is 53.4 Å². The zero-order valence-electron chi connectivity index (χ0n) is 19.6. The summed E-state index contributed by atoms with van der Waals surface area (Å²) in [7, 11) is 0. The highest BCUT2D eigenvalue weighted by atomic mass is 16.5. The molecule has 172 valence electrons. The summed E-state index contributed by atoms with van der Waals surface area (Å²) < 4.78 is 5.42. The minimum absolute atomic E-state index is 0.0247. The number of carbonyl (C=O) groups excluding carboxylic acids is 2. The maximum absolute atomic E-state index is 13.1. The van der Waals surface area contributed by atoms with E-state index in [2.05, 4.69) is 19.4 Å². The van der Waals surface area contributed by atoms with Crippen LogP contribution in [0.4, 0.5) is 5.69 Å². The summed E-state index contributed by atoms with van der Waals surface area (Å²) in [6.07, 6.45) is 8.54. The van der Waals surface area contributed by atoms with E-state index in [1.165, 1.54) is 6.92 Å². The van der Waals surface area contributed by atoms with Crippen molar-refractivity contribution in [3.05, 3.63) is 48.4 Å². The highest BCUT2D eigenvalue weighted by Crippen LogP contribution is 2.51. The van der Waals surface area contributed by atoms with E-state index in [4.69, 9.17) is 4.74 Å². The average Bonchev–Trinajstić information content (AvgIpc) is 3.59. The van der Waals surface area contributed by atoms with Crippen LogP contribution in [0.2, 0.25) is 0 Å². The number of amides is 1. The number of carbonyl (C=O) groups is 2. The molecule has 32 heavy (non-hydrogen) atoms. The van der Waals surface area contributed by atoms with Gasteiger partial charge in [-0.15, -0.1) is 0 Å². The number of ether oxygens (including phenoxy) is 1. The summed E-state index contributed by atoms with van der Waals surface area (Å²) in [6, 6.07) is 9.92. The molecule has 1 aromatic carbocycles. The van der Waals surface area contributed by atoms with Gasteiger partial charge < -0.3 is 14.7 Å². The second-order valence-corrected chi connectivity index (χ2v) is 10.1. The Balaban J connectivity index is 1.58. The molecule has 5 heteroatoms. The molecule has 6 atom stereocenters. The smallest absolute Gasteiger partial charge is 0.303 e. The van der Waals surface area contributed by atoms with Crippen molar-refractivity contribution in [1.29, 1.82) is 0 Å². The maximum atomic E-state index is 13.1. The molecule has 3 aliphatic carbocycles. The molecule has 1 aromatic rings. The van der Waals surface area contributed by atoms with E-state index in [9.17, 15) is 14.7 Å². The van der Waals surface area contributed by atoms with Crippen LogP contribution in [0.25, 0.3) is 0 Å². The van der Waals surface area contributed by atoms with Crippen LogP contribution in [-0.4, -0.2) is 35.2 Å². The molecule has 1 amide bonds. The fourth-order valence-electron chi connectivity index (χ4n) is 5.51. The molecule has 0 bridgehead atoms. The second kappa shape index (κ2) is 9.01. The van der Waals surface area contributed by atoms with Crippen LogP contribution in [0.5, 0.6) is 0 Å². The van der Waals surface area contributed by atoms with Crippen molar-refractivity contribution in [3.8, 4) is 0 Å². The minimum Gasteiger partial charge on any atom is -0.457 e. The van der Waals surface area contributed by atoms with E-state index in [0.717, 1.165) is 36.9 Å². The number of hydrogen-bond donors (Lipinski definition) is 1. The monoisotopic (exact) mass is 437 g/mol. The molecule has 0 aliphatic heterocycles. The summed E-state index contributed by atoms with van der Waals surface area (Å²) in [5, 5.41) is 11.7. The van der Waals surface area contributed by atoms with Crippen molar-refractivity contribution in [3.63, 3.8) is 0 Å². The van der Waals surface area contributed by atoms with Gasteiger partial charge in [-0.1, -0.05) is 38.1 Å². The molecule has 2 radical (unpaired) electrons. The Hall–Kier alpha value is -2.14. The van der Waals surface area contributed by atoms with Gasteiger partial charge in [0.05, 0.1) is 12.0 Å². The Bertz CT molecular complexity index is 877. The maximum Gasteiger partial charge on any atom is 0.303 e. The van der Waals surface area contributed by atoms with Gasteiger partial charge in [0.25, 0.3) is 0 Å². The third kappa shape index (κ3) is 4.50. The van der Waals surface area contributed by atoms with Gasteiger partial charge in [0.1, 0.15) is 6.10 Å². The topological polar surface area (TPSA) is 66.8 Å². The number of aliphatic hydroxyl groups is 1. The van der Waals surface area contributed by atoms with Crippen LogP contribution in [0, 0.1) is 36.0 Å². The Morgan fingerprint density at radius 1 is 1.22 bits per heavy atom. The molecular weight excluding hydrogens is 402 g/mol. The van der Waals surface area contributed by atoms with Crippen molar-refractivity contribution in [2.75, 3.05) is 11.4 Å². The van der Waals surface area contributed by atoms with E-state index in [-0.39, 0.29) is 41.5 Å². The third-order valence-electron chi connectivity index (χ3n) is 7.62. The fraction of sp³-hybridized carbons (Fsp3) is 0.593. The van der Waals surface area contributed by atoms with Gasteiger partial charge in [-0.25, -0.2) is 0 Å². The van der Waals surface area contributed by atoms with Gasteiger partial charge in [0.2, 0.25) is 5.91 Å². The quantitative estimate of drug-likeness (QED) is 0.528. The van der Waals surface area contributed by atoms with Gasteiger partial charge >= 0.3 is 5.97 Å². The fourth-order valence-corrected chi connectivity index (χ4v) is 5.51. The average molecular weight is 438 g/mol. The van der Waals surface area contributed by atoms with Crippen molar-refractivity contribution in [2.24, 2.45) is 29.6 Å². The molecule has 3 aliphatic rings. The lowest BCUT2D eigenvalue weighted by atomic mass is 9.57. The van der Waals surface area contributed by atoms with Gasteiger partial charge in [-0.05, 0) is 68.1 Å². The zero-order valence-corrected chi connectivity index (χ0v) is 19.6. The van der Waals surface area contributed by atoms with Crippen molar-refractivity contribution in [2.45, 2.75) is 65.1 Å². The molecule has 2 saturated carbocycles. The highest BCUT2D eigenvalue weighted by Gasteiger charge is 2.53. The van der Waals surface area contributed by atoms with Crippen LogP contribution in [0.3, 0.4) is 0 Å². The molecule has 0 saturated heterocycles. The summed E-state index contributed by atoms with van der Waals surface area (Å²) in [5.74, 6) is 0.300. The van der Waals surface area contributed by atoms with Crippen LogP contribution in [-0.2, 0) is 14.3 Å². The molecule has 0 unspecified atom stereocenters. The summed E-state index contributed by atoms with van der Waals surface area (Å²) in [5.41, 5.74) is 0.712. The van der Waals surface area contributed by atoms with Gasteiger partial charge in [-0.2, -0.15) is 0 Å².